The number of anilines is 1. The molecule has 3 rings (SSSR count). The fourth-order valence-electron chi connectivity index (χ4n) is 3.93. The number of thiophene rings is 1. The van der Waals surface area contributed by atoms with Crippen LogP contribution in [0.4, 0.5) is 23.2 Å². The minimum atomic E-state index is -4.74. The molecule has 3 atom stereocenters. The van der Waals surface area contributed by atoms with E-state index in [1.165, 1.54) is 0 Å². The van der Waals surface area contributed by atoms with Crippen molar-refractivity contribution in [1.82, 2.24) is 4.90 Å². The van der Waals surface area contributed by atoms with Crippen LogP contribution in [-0.2, 0) is 4.43 Å². The van der Waals surface area contributed by atoms with E-state index in [4.69, 9.17) is 10.2 Å². The minimum Gasteiger partial charge on any atom is -0.409 e. The van der Waals surface area contributed by atoms with E-state index in [2.05, 4.69) is 10.5 Å². The van der Waals surface area contributed by atoms with Gasteiger partial charge in [0.15, 0.2) is 20.3 Å². The Hall–Kier alpha value is -1.89. The van der Waals surface area contributed by atoms with Gasteiger partial charge in [0, 0.05) is 24.0 Å². The molecule has 12 heteroatoms. The van der Waals surface area contributed by atoms with Gasteiger partial charge in [-0.05, 0) is 37.7 Å². The van der Waals surface area contributed by atoms with Crippen molar-refractivity contribution in [3.8, 4) is 0 Å². The van der Waals surface area contributed by atoms with Crippen molar-refractivity contribution in [2.24, 2.45) is 10.9 Å². The lowest BCUT2D eigenvalue weighted by molar-refractivity contribution is -0.201. The van der Waals surface area contributed by atoms with E-state index < -0.39 is 43.7 Å². The van der Waals surface area contributed by atoms with Gasteiger partial charge in [0.05, 0.1) is 21.3 Å². The Labute approximate surface area is 208 Å². The summed E-state index contributed by atoms with van der Waals surface area (Å²) in [5.41, 5.74) is 6.21. The first-order valence-electron chi connectivity index (χ1n) is 11.4. The maximum Gasteiger partial charge on any atom is 0.417 e. The molecule has 1 aromatic heterocycles. The Balaban J connectivity index is 2.17. The summed E-state index contributed by atoms with van der Waals surface area (Å²) in [6, 6.07) is 4.42. The summed E-state index contributed by atoms with van der Waals surface area (Å²) in [5.74, 6) is -0.428. The molecule has 0 bridgehead atoms. The number of alkyl halides is 4. The molecule has 35 heavy (non-hydrogen) atoms. The van der Waals surface area contributed by atoms with Gasteiger partial charge in [-0.3, -0.25) is 0 Å². The SMILES string of the molecule is CN1CC[C@@H](Nc2cccc3c(C(O[Si](C)(C)C(C)(C)C)C(F)(F)F)c(/C(N)=N/O)sc23)[C@@H](F)C1. The summed E-state index contributed by atoms with van der Waals surface area (Å²) in [7, 11) is -1.04. The average Bonchev–Trinajstić information content (AvgIpc) is 3.12. The third-order valence-corrected chi connectivity index (χ3v) is 12.7. The molecule has 2 heterocycles. The predicted octanol–water partition coefficient (Wildman–Crippen LogP) is 6.08. The van der Waals surface area contributed by atoms with Crippen molar-refractivity contribution in [2.45, 2.75) is 69.8 Å². The van der Waals surface area contributed by atoms with Crippen molar-refractivity contribution in [2.75, 3.05) is 25.5 Å². The van der Waals surface area contributed by atoms with E-state index in [0.29, 0.717) is 23.4 Å². The molecule has 1 saturated heterocycles. The zero-order chi connectivity index (χ0) is 26.3. The van der Waals surface area contributed by atoms with E-state index >= 15 is 0 Å². The van der Waals surface area contributed by atoms with Crippen LogP contribution in [0.3, 0.4) is 0 Å². The number of benzene rings is 1. The van der Waals surface area contributed by atoms with Gasteiger partial charge >= 0.3 is 6.18 Å². The fraction of sp³-hybridized carbons (Fsp3) is 0.609. The van der Waals surface area contributed by atoms with Crippen molar-refractivity contribution in [1.29, 1.82) is 0 Å². The predicted molar refractivity (Wildman–Crippen MR) is 136 cm³/mol. The van der Waals surface area contributed by atoms with Crippen molar-refractivity contribution < 1.29 is 27.2 Å². The molecule has 1 aliphatic rings. The zero-order valence-electron chi connectivity index (χ0n) is 20.8. The molecule has 6 nitrogen and oxygen atoms in total. The van der Waals surface area contributed by atoms with Crippen molar-refractivity contribution >= 4 is 41.3 Å². The van der Waals surface area contributed by atoms with Crippen LogP contribution in [0.5, 0.6) is 0 Å². The Kier molecular flexibility index (Phi) is 7.81. The van der Waals surface area contributed by atoms with Gasteiger partial charge in [-0.25, -0.2) is 4.39 Å². The highest BCUT2D eigenvalue weighted by Crippen LogP contribution is 2.50. The summed E-state index contributed by atoms with van der Waals surface area (Å²) in [6.45, 7) is 10.1. The lowest BCUT2D eigenvalue weighted by Crippen LogP contribution is -2.46. The second-order valence-electron chi connectivity index (χ2n) is 10.6. The molecule has 0 spiro atoms. The third kappa shape index (κ3) is 5.76. The molecule has 0 saturated carbocycles. The lowest BCUT2D eigenvalue weighted by Gasteiger charge is -2.40. The number of oxime groups is 1. The highest BCUT2D eigenvalue weighted by atomic mass is 32.1. The van der Waals surface area contributed by atoms with Crippen LogP contribution in [0.2, 0.25) is 18.1 Å². The van der Waals surface area contributed by atoms with Crippen LogP contribution in [-0.4, -0.2) is 62.8 Å². The van der Waals surface area contributed by atoms with E-state index in [9.17, 15) is 22.8 Å². The summed E-state index contributed by atoms with van der Waals surface area (Å²) >= 11 is 0.976. The molecular weight excluding hydrogens is 500 g/mol. The molecule has 196 valence electrons. The summed E-state index contributed by atoms with van der Waals surface area (Å²) < 4.78 is 64.7. The number of rotatable bonds is 6. The van der Waals surface area contributed by atoms with Gasteiger partial charge in [-0.15, -0.1) is 11.3 Å². The number of halogens is 4. The topological polar surface area (TPSA) is 83.1 Å². The fourth-order valence-corrected chi connectivity index (χ4v) is 6.32. The number of nitrogens with two attached hydrogens (primary N) is 1. The molecule has 4 N–H and O–H groups in total. The molecule has 1 aromatic carbocycles. The summed E-state index contributed by atoms with van der Waals surface area (Å²) in [6.07, 6.45) is -7.58. The van der Waals surface area contributed by atoms with E-state index in [1.807, 2.05) is 32.7 Å². The smallest absolute Gasteiger partial charge is 0.409 e. The molecule has 0 radical (unpaired) electrons. The maximum absolute atomic E-state index is 14.7. The van der Waals surface area contributed by atoms with Gasteiger partial charge in [-0.1, -0.05) is 38.1 Å². The highest BCUT2D eigenvalue weighted by Gasteiger charge is 2.50. The standard InChI is InChI=1S/C23H34F4N4O2SSi/c1-22(2,3)35(5,6)33-20(23(25,26)27)17-13-8-7-9-16(18(13)34-19(17)21(28)30-32)29-15-10-11-31(4)12-14(15)24/h7-9,14-15,20,29,32H,10-12H2,1-6H3,(H2,28,30)/t14-,15+,20?/m0/s1. The van der Waals surface area contributed by atoms with Gasteiger partial charge in [0.1, 0.15) is 6.17 Å². The number of nitrogens with one attached hydrogen (secondary N) is 1. The van der Waals surface area contributed by atoms with Crippen LogP contribution < -0.4 is 11.1 Å². The van der Waals surface area contributed by atoms with Crippen LogP contribution in [0.1, 0.15) is 43.7 Å². The first-order valence-corrected chi connectivity index (χ1v) is 15.2. The highest BCUT2D eigenvalue weighted by molar-refractivity contribution is 7.21. The normalized spacial score (nSPS) is 21.9. The van der Waals surface area contributed by atoms with Crippen LogP contribution in [0, 0.1) is 0 Å². The van der Waals surface area contributed by atoms with Gasteiger partial charge in [0.25, 0.3) is 0 Å². The lowest BCUT2D eigenvalue weighted by atomic mass is 10.0. The Morgan fingerprint density at radius 2 is 1.97 bits per heavy atom. The van der Waals surface area contributed by atoms with Gasteiger partial charge in [-0.2, -0.15) is 13.2 Å². The summed E-state index contributed by atoms with van der Waals surface area (Å²) in [5, 5.41) is 15.4. The van der Waals surface area contributed by atoms with E-state index in [-0.39, 0.29) is 22.4 Å². The monoisotopic (exact) mass is 534 g/mol. The second kappa shape index (κ2) is 9.87. The molecule has 1 fully saturated rings. The Morgan fingerprint density at radius 1 is 1.31 bits per heavy atom. The first-order chi connectivity index (χ1) is 16.1. The van der Waals surface area contributed by atoms with Gasteiger partial charge < -0.3 is 25.6 Å². The van der Waals surface area contributed by atoms with Crippen LogP contribution >= 0.6 is 11.3 Å². The zero-order valence-corrected chi connectivity index (χ0v) is 22.6. The number of piperidine rings is 1. The number of hydrogen-bond acceptors (Lipinski definition) is 6. The number of likely N-dealkylation sites (tertiary alicyclic amines) is 1. The first kappa shape index (κ1) is 27.7. The van der Waals surface area contributed by atoms with Crippen LogP contribution in [0.25, 0.3) is 10.1 Å². The minimum absolute atomic E-state index is 0.0158. The molecular formula is C23H34F4N4O2SSi. The second-order valence-corrected chi connectivity index (χ2v) is 16.4. The summed E-state index contributed by atoms with van der Waals surface area (Å²) in [4.78, 5) is 1.88. The Bertz CT molecular complexity index is 1080. The number of amidine groups is 1. The number of nitrogens with zero attached hydrogens (tertiary/aromatic N) is 2. The number of hydrogen-bond donors (Lipinski definition) is 3. The molecule has 2 aromatic rings. The van der Waals surface area contributed by atoms with Crippen molar-refractivity contribution in [3.05, 3.63) is 28.6 Å². The molecule has 1 unspecified atom stereocenters. The molecule has 0 amide bonds. The maximum atomic E-state index is 14.7. The molecule has 1 aliphatic heterocycles. The largest absolute Gasteiger partial charge is 0.417 e. The Morgan fingerprint density at radius 3 is 2.51 bits per heavy atom. The van der Waals surface area contributed by atoms with Crippen LogP contribution in [0.15, 0.2) is 23.4 Å². The van der Waals surface area contributed by atoms with E-state index in [0.717, 1.165) is 11.3 Å². The average molecular weight is 535 g/mol. The number of fused-ring (bicyclic) bond motifs is 1. The quantitative estimate of drug-likeness (QED) is 0.105. The molecule has 0 aliphatic carbocycles. The van der Waals surface area contributed by atoms with Gasteiger partial charge in [0.2, 0.25) is 0 Å². The van der Waals surface area contributed by atoms with E-state index in [1.54, 1.807) is 31.3 Å². The van der Waals surface area contributed by atoms with Crippen molar-refractivity contribution in [3.63, 3.8) is 0 Å². The third-order valence-electron chi connectivity index (χ3n) is 6.96.